The van der Waals surface area contributed by atoms with Crippen LogP contribution in [-0.4, -0.2) is 41.8 Å². The van der Waals surface area contributed by atoms with E-state index in [1.54, 1.807) is 6.20 Å². The minimum atomic E-state index is -0.103. The van der Waals surface area contributed by atoms with Gasteiger partial charge in [-0.05, 0) is 49.9 Å². The number of amides is 1. The summed E-state index contributed by atoms with van der Waals surface area (Å²) in [5, 5.41) is 11.1. The summed E-state index contributed by atoms with van der Waals surface area (Å²) in [5.41, 5.74) is 2.08. The third-order valence-corrected chi connectivity index (χ3v) is 4.52. The van der Waals surface area contributed by atoms with E-state index in [4.69, 9.17) is 4.74 Å². The lowest BCUT2D eigenvalue weighted by atomic mass is 10.1. The number of rotatable bonds is 6. The van der Waals surface area contributed by atoms with Gasteiger partial charge in [0.2, 0.25) is 0 Å². The van der Waals surface area contributed by atoms with Gasteiger partial charge >= 0.3 is 0 Å². The number of carbonyl (C=O) groups is 1. The Labute approximate surface area is 148 Å². The Bertz CT molecular complexity index is 700. The fraction of sp³-hybridized carbons (Fsp3) is 0.421. The van der Waals surface area contributed by atoms with E-state index in [0.717, 1.165) is 42.1 Å². The van der Waals surface area contributed by atoms with Crippen molar-refractivity contribution in [2.75, 3.05) is 24.6 Å². The molecule has 3 rings (SSSR count). The number of anilines is 1. The summed E-state index contributed by atoms with van der Waals surface area (Å²) in [6, 6.07) is 10.0. The predicted octanol–water partition coefficient (Wildman–Crippen LogP) is 2.26. The van der Waals surface area contributed by atoms with Crippen LogP contribution in [0, 0.1) is 13.8 Å². The van der Waals surface area contributed by atoms with Crippen LogP contribution in [0.25, 0.3) is 0 Å². The molecule has 1 aromatic heterocycles. The first-order valence-electron chi connectivity index (χ1n) is 8.65. The van der Waals surface area contributed by atoms with E-state index in [1.807, 2.05) is 44.2 Å². The molecule has 1 atom stereocenters. The zero-order chi connectivity index (χ0) is 17.6. The largest absolute Gasteiger partial charge is 0.483 e. The molecule has 6 heteroatoms. The van der Waals surface area contributed by atoms with Crippen LogP contribution in [0.4, 0.5) is 5.82 Å². The van der Waals surface area contributed by atoms with Crippen LogP contribution in [0.5, 0.6) is 5.75 Å². The van der Waals surface area contributed by atoms with E-state index in [2.05, 4.69) is 20.4 Å². The summed E-state index contributed by atoms with van der Waals surface area (Å²) in [5.74, 6) is 1.55. The van der Waals surface area contributed by atoms with Crippen molar-refractivity contribution in [3.05, 3.63) is 47.7 Å². The zero-order valence-electron chi connectivity index (χ0n) is 14.7. The lowest BCUT2D eigenvalue weighted by Gasteiger charge is -2.25. The molecule has 0 bridgehead atoms. The van der Waals surface area contributed by atoms with Gasteiger partial charge in [0, 0.05) is 25.3 Å². The average Bonchev–Trinajstić information content (AvgIpc) is 3.09. The van der Waals surface area contributed by atoms with E-state index in [9.17, 15) is 4.79 Å². The minimum Gasteiger partial charge on any atom is -0.483 e. The molecule has 0 spiro atoms. The van der Waals surface area contributed by atoms with Gasteiger partial charge in [0.15, 0.2) is 12.4 Å². The van der Waals surface area contributed by atoms with Crippen molar-refractivity contribution in [3.8, 4) is 5.75 Å². The first kappa shape index (κ1) is 17.2. The molecule has 132 valence electrons. The Morgan fingerprint density at radius 3 is 2.80 bits per heavy atom. The number of ether oxygens (including phenoxy) is 1. The van der Waals surface area contributed by atoms with Crippen LogP contribution < -0.4 is 15.0 Å². The van der Waals surface area contributed by atoms with Crippen LogP contribution in [0.3, 0.4) is 0 Å². The summed E-state index contributed by atoms with van der Waals surface area (Å²) in [6.45, 7) is 5.53. The highest BCUT2D eigenvalue weighted by atomic mass is 16.5. The maximum absolute atomic E-state index is 12.2. The van der Waals surface area contributed by atoms with Gasteiger partial charge in [0.25, 0.3) is 5.91 Å². The van der Waals surface area contributed by atoms with Crippen molar-refractivity contribution in [1.29, 1.82) is 0 Å². The molecule has 2 aromatic rings. The number of aryl methyl sites for hydroxylation is 2. The van der Waals surface area contributed by atoms with Crippen molar-refractivity contribution in [2.24, 2.45) is 0 Å². The van der Waals surface area contributed by atoms with Gasteiger partial charge in [-0.2, -0.15) is 5.10 Å². The molecule has 0 aliphatic carbocycles. The van der Waals surface area contributed by atoms with Gasteiger partial charge in [0.1, 0.15) is 5.75 Å². The fourth-order valence-corrected chi connectivity index (χ4v) is 3.24. The molecule has 2 heterocycles. The number of nitrogens with one attached hydrogen (secondary N) is 1. The summed E-state index contributed by atoms with van der Waals surface area (Å²) < 4.78 is 5.71. The van der Waals surface area contributed by atoms with Gasteiger partial charge in [-0.25, -0.2) is 0 Å². The molecule has 0 saturated carbocycles. The fourth-order valence-electron chi connectivity index (χ4n) is 3.24. The normalized spacial score (nSPS) is 16.7. The molecule has 1 fully saturated rings. The first-order valence-corrected chi connectivity index (χ1v) is 8.65. The molecular formula is C19H24N4O2. The number of benzene rings is 1. The third-order valence-electron chi connectivity index (χ3n) is 4.52. The number of hydrogen-bond acceptors (Lipinski definition) is 5. The van der Waals surface area contributed by atoms with Gasteiger partial charge in [-0.3, -0.25) is 4.79 Å². The maximum atomic E-state index is 12.2. The van der Waals surface area contributed by atoms with Crippen LogP contribution in [-0.2, 0) is 4.79 Å². The van der Waals surface area contributed by atoms with E-state index < -0.39 is 0 Å². The van der Waals surface area contributed by atoms with E-state index >= 15 is 0 Å². The van der Waals surface area contributed by atoms with Crippen LogP contribution >= 0.6 is 0 Å². The van der Waals surface area contributed by atoms with E-state index in [1.165, 1.54) is 0 Å². The summed E-state index contributed by atoms with van der Waals surface area (Å²) >= 11 is 0. The lowest BCUT2D eigenvalue weighted by Crippen LogP contribution is -2.42. The average molecular weight is 340 g/mol. The molecule has 1 N–H and O–H groups in total. The Hall–Kier alpha value is -2.63. The number of aromatic nitrogens is 2. The van der Waals surface area contributed by atoms with Crippen molar-refractivity contribution in [1.82, 2.24) is 15.5 Å². The highest BCUT2D eigenvalue weighted by Crippen LogP contribution is 2.23. The van der Waals surface area contributed by atoms with Gasteiger partial charge in [-0.15, -0.1) is 5.10 Å². The topological polar surface area (TPSA) is 67.3 Å². The number of nitrogens with zero attached hydrogens (tertiary/aromatic N) is 3. The van der Waals surface area contributed by atoms with Crippen LogP contribution in [0.15, 0.2) is 36.5 Å². The lowest BCUT2D eigenvalue weighted by molar-refractivity contribution is -0.123. The highest BCUT2D eigenvalue weighted by molar-refractivity contribution is 5.77. The Balaban J connectivity index is 1.50. The van der Waals surface area contributed by atoms with Crippen molar-refractivity contribution in [3.63, 3.8) is 0 Å². The smallest absolute Gasteiger partial charge is 0.258 e. The number of carbonyl (C=O) groups excluding carboxylic acids is 1. The Kier molecular flexibility index (Phi) is 5.48. The molecule has 1 unspecified atom stereocenters. The number of hydrogen-bond donors (Lipinski definition) is 1. The molecule has 25 heavy (non-hydrogen) atoms. The zero-order valence-corrected chi connectivity index (χ0v) is 14.7. The predicted molar refractivity (Wildman–Crippen MR) is 96.8 cm³/mol. The molecule has 1 amide bonds. The van der Waals surface area contributed by atoms with E-state index in [-0.39, 0.29) is 18.6 Å². The van der Waals surface area contributed by atoms with Crippen LogP contribution in [0.1, 0.15) is 24.0 Å². The second kappa shape index (κ2) is 7.96. The van der Waals surface area contributed by atoms with Crippen LogP contribution in [0.2, 0.25) is 0 Å². The highest BCUT2D eigenvalue weighted by Gasteiger charge is 2.26. The second-order valence-corrected chi connectivity index (χ2v) is 6.38. The standard InChI is InChI=1S/C19H24N4O2/c1-14-6-3-7-15(2)19(14)25-13-18(24)20-12-16-8-5-11-23(16)17-9-4-10-21-22-17/h3-4,6-7,9-10,16H,5,8,11-13H2,1-2H3,(H,20,24). The molecule has 6 nitrogen and oxygen atoms in total. The Morgan fingerprint density at radius 1 is 1.28 bits per heavy atom. The second-order valence-electron chi connectivity index (χ2n) is 6.38. The molecular weight excluding hydrogens is 316 g/mol. The maximum Gasteiger partial charge on any atom is 0.258 e. The van der Waals surface area contributed by atoms with Crippen molar-refractivity contribution < 1.29 is 9.53 Å². The molecule has 1 aliphatic rings. The van der Waals surface area contributed by atoms with Gasteiger partial charge in [-0.1, -0.05) is 18.2 Å². The monoisotopic (exact) mass is 340 g/mol. The quantitative estimate of drug-likeness (QED) is 0.874. The summed E-state index contributed by atoms with van der Waals surface area (Å²) in [6.07, 6.45) is 3.80. The number of para-hydroxylation sites is 1. The third kappa shape index (κ3) is 4.26. The molecule has 0 radical (unpaired) electrons. The molecule has 1 aliphatic heterocycles. The molecule has 1 saturated heterocycles. The van der Waals surface area contributed by atoms with Gasteiger partial charge in [0.05, 0.1) is 0 Å². The SMILES string of the molecule is Cc1cccc(C)c1OCC(=O)NCC1CCCN1c1cccnn1. The van der Waals surface area contributed by atoms with E-state index in [0.29, 0.717) is 6.54 Å². The van der Waals surface area contributed by atoms with Crippen molar-refractivity contribution >= 4 is 11.7 Å². The summed E-state index contributed by atoms with van der Waals surface area (Å²) in [4.78, 5) is 14.4. The molecule has 1 aromatic carbocycles. The first-order chi connectivity index (χ1) is 12.1. The minimum absolute atomic E-state index is 0.0313. The van der Waals surface area contributed by atoms with Gasteiger partial charge < -0.3 is 15.0 Å². The van der Waals surface area contributed by atoms with Crippen molar-refractivity contribution in [2.45, 2.75) is 32.7 Å². The Morgan fingerprint density at radius 2 is 2.08 bits per heavy atom. The summed E-state index contributed by atoms with van der Waals surface area (Å²) in [7, 11) is 0.